The van der Waals surface area contributed by atoms with Crippen LogP contribution in [-0.2, 0) is 17.8 Å². The number of rotatable bonds is 9. The second-order valence-corrected chi connectivity index (χ2v) is 11.6. The number of methoxy groups -OCH3 is 1. The van der Waals surface area contributed by atoms with Crippen molar-refractivity contribution in [3.8, 4) is 11.5 Å². The molecule has 0 spiro atoms. The SMILES string of the molecule is CO[C@H]1CCC[C@@H]1n1ccc(C(=O)NCc2nc(-c3cc4c(N[C@@H]5CN(C)CC[C@@H]5F)cccc4n3CC(F)(F)F)no2)c1. The van der Waals surface area contributed by atoms with Crippen LogP contribution in [0.15, 0.2) is 47.2 Å². The minimum atomic E-state index is -4.53. The van der Waals surface area contributed by atoms with Crippen LogP contribution in [0.25, 0.3) is 22.4 Å². The Morgan fingerprint density at radius 2 is 2.05 bits per heavy atom. The van der Waals surface area contributed by atoms with Crippen LogP contribution in [-0.4, -0.2) is 81.8 Å². The zero-order valence-electron chi connectivity index (χ0n) is 24.5. The molecule has 0 bridgehead atoms. The fourth-order valence-electron chi connectivity index (χ4n) is 6.33. The fourth-order valence-corrected chi connectivity index (χ4v) is 6.33. The third-order valence-electron chi connectivity index (χ3n) is 8.53. The van der Waals surface area contributed by atoms with E-state index in [-0.39, 0.29) is 42.0 Å². The molecule has 1 amide bonds. The van der Waals surface area contributed by atoms with E-state index in [1.165, 1.54) is 0 Å². The van der Waals surface area contributed by atoms with Crippen LogP contribution < -0.4 is 10.6 Å². The zero-order chi connectivity index (χ0) is 31.0. The van der Waals surface area contributed by atoms with E-state index in [1.807, 2.05) is 22.7 Å². The summed E-state index contributed by atoms with van der Waals surface area (Å²) in [4.78, 5) is 19.1. The van der Waals surface area contributed by atoms with Crippen LogP contribution in [0.4, 0.5) is 23.2 Å². The van der Waals surface area contributed by atoms with Crippen LogP contribution in [0.2, 0.25) is 0 Å². The summed E-state index contributed by atoms with van der Waals surface area (Å²) in [6.07, 6.45) is 1.47. The molecule has 4 aromatic rings. The third kappa shape index (κ3) is 6.32. The molecule has 6 rings (SSSR count). The number of likely N-dealkylation sites (N-methyl/N-ethyl adjacent to an activating group) is 1. The summed E-state index contributed by atoms with van der Waals surface area (Å²) in [5.41, 5.74) is 1.36. The quantitative estimate of drug-likeness (QED) is 0.250. The number of anilines is 1. The maximum atomic E-state index is 14.7. The summed E-state index contributed by atoms with van der Waals surface area (Å²) >= 11 is 0. The summed E-state index contributed by atoms with van der Waals surface area (Å²) < 4.78 is 69.8. The van der Waals surface area contributed by atoms with Crippen molar-refractivity contribution in [3.05, 3.63) is 54.2 Å². The Morgan fingerprint density at radius 3 is 2.84 bits per heavy atom. The number of amides is 1. The first-order valence-corrected chi connectivity index (χ1v) is 14.7. The van der Waals surface area contributed by atoms with Gasteiger partial charge < -0.3 is 33.9 Å². The number of likely N-dealkylation sites (tertiary alicyclic amines) is 1. The van der Waals surface area contributed by atoms with Gasteiger partial charge in [0, 0.05) is 43.7 Å². The first-order valence-electron chi connectivity index (χ1n) is 14.7. The maximum absolute atomic E-state index is 14.7. The molecule has 14 heteroatoms. The first-order chi connectivity index (χ1) is 21.1. The van der Waals surface area contributed by atoms with Gasteiger partial charge in [0.1, 0.15) is 12.7 Å². The molecule has 10 nitrogen and oxygen atoms in total. The van der Waals surface area contributed by atoms with Crippen molar-refractivity contribution in [2.75, 3.05) is 32.6 Å². The van der Waals surface area contributed by atoms with Crippen LogP contribution >= 0.6 is 0 Å². The molecule has 2 fully saturated rings. The molecule has 236 valence electrons. The van der Waals surface area contributed by atoms with Gasteiger partial charge in [-0.15, -0.1) is 0 Å². The molecule has 0 radical (unpaired) electrons. The van der Waals surface area contributed by atoms with Crippen LogP contribution in [0.1, 0.15) is 48.0 Å². The number of hydrogen-bond donors (Lipinski definition) is 2. The highest BCUT2D eigenvalue weighted by molar-refractivity contribution is 5.96. The molecule has 1 aliphatic heterocycles. The number of benzene rings is 1. The molecule has 0 unspecified atom stereocenters. The third-order valence-corrected chi connectivity index (χ3v) is 8.53. The Labute approximate surface area is 251 Å². The first kappa shape index (κ1) is 30.1. The summed E-state index contributed by atoms with van der Waals surface area (Å²) in [7, 11) is 3.59. The standard InChI is InChI=1S/C30H35F4N7O3/c1-39-11-10-20(31)22(16-39)36-21-5-3-6-23-19(21)13-25(41(23)17-30(32,33)34)28-37-27(44-38-28)14-35-29(42)18-9-12-40(15-18)24-7-4-8-26(24)43-2/h3,5-6,9,12-13,15,20,22,24,26,36H,4,7-8,10-11,14,16-17H2,1-2H3,(H,35,42)/t20-,22+,24-,26-/m0/s1. The van der Waals surface area contributed by atoms with Gasteiger partial charge in [-0.25, -0.2) is 4.39 Å². The number of nitrogens with zero attached hydrogens (tertiary/aromatic N) is 5. The molecular formula is C30H35F4N7O3. The lowest BCUT2D eigenvalue weighted by Gasteiger charge is -2.33. The van der Waals surface area contributed by atoms with Gasteiger partial charge in [0.05, 0.1) is 41.5 Å². The number of nitrogens with one attached hydrogen (secondary N) is 2. The van der Waals surface area contributed by atoms with Gasteiger partial charge >= 0.3 is 6.18 Å². The fraction of sp³-hybridized carbons (Fsp3) is 0.500. The monoisotopic (exact) mass is 617 g/mol. The summed E-state index contributed by atoms with van der Waals surface area (Å²) in [5.74, 6) is -0.369. The highest BCUT2D eigenvalue weighted by Gasteiger charge is 2.33. The van der Waals surface area contributed by atoms with Crippen molar-refractivity contribution >= 4 is 22.5 Å². The van der Waals surface area contributed by atoms with Crippen molar-refractivity contribution in [2.24, 2.45) is 0 Å². The Bertz CT molecular complexity index is 1610. The Morgan fingerprint density at radius 1 is 1.20 bits per heavy atom. The van der Waals surface area contributed by atoms with E-state index in [1.54, 1.807) is 43.6 Å². The van der Waals surface area contributed by atoms with Gasteiger partial charge in [-0.05, 0) is 57.0 Å². The summed E-state index contributed by atoms with van der Waals surface area (Å²) in [5, 5.41) is 10.4. The number of aromatic nitrogens is 4. The number of piperidine rings is 1. The highest BCUT2D eigenvalue weighted by atomic mass is 19.4. The molecule has 4 atom stereocenters. The summed E-state index contributed by atoms with van der Waals surface area (Å²) in [6.45, 7) is -0.291. The minimum absolute atomic E-state index is 0.0377. The Hall–Kier alpha value is -3.91. The average molecular weight is 618 g/mol. The Balaban J connectivity index is 1.21. The number of hydrogen-bond acceptors (Lipinski definition) is 7. The van der Waals surface area contributed by atoms with E-state index in [0.717, 1.165) is 23.8 Å². The molecule has 4 heterocycles. The lowest BCUT2D eigenvalue weighted by molar-refractivity contribution is -0.139. The zero-order valence-corrected chi connectivity index (χ0v) is 24.5. The molecule has 2 N–H and O–H groups in total. The molecule has 3 aromatic heterocycles. The van der Waals surface area contributed by atoms with E-state index in [2.05, 4.69) is 20.8 Å². The van der Waals surface area contributed by atoms with Gasteiger partial charge in [0.15, 0.2) is 0 Å². The van der Waals surface area contributed by atoms with E-state index in [0.29, 0.717) is 41.7 Å². The molecule has 1 saturated heterocycles. The molecule has 1 aromatic carbocycles. The summed E-state index contributed by atoms with van der Waals surface area (Å²) in [6, 6.07) is 7.86. The van der Waals surface area contributed by atoms with E-state index in [9.17, 15) is 22.4 Å². The topological polar surface area (TPSA) is 102 Å². The second-order valence-electron chi connectivity index (χ2n) is 11.6. The van der Waals surface area contributed by atoms with Crippen LogP contribution in [0, 0.1) is 0 Å². The minimum Gasteiger partial charge on any atom is -0.379 e. The lowest BCUT2D eigenvalue weighted by atomic mass is 10.0. The van der Waals surface area contributed by atoms with Crippen molar-refractivity contribution in [3.63, 3.8) is 0 Å². The number of carbonyl (C=O) groups is 1. The van der Waals surface area contributed by atoms with Crippen molar-refractivity contribution in [1.29, 1.82) is 0 Å². The van der Waals surface area contributed by atoms with Crippen molar-refractivity contribution < 1.29 is 31.6 Å². The largest absolute Gasteiger partial charge is 0.406 e. The lowest BCUT2D eigenvalue weighted by Crippen LogP contribution is -2.47. The molecular weight excluding hydrogens is 582 g/mol. The smallest absolute Gasteiger partial charge is 0.379 e. The number of carbonyl (C=O) groups excluding carboxylic acids is 1. The van der Waals surface area contributed by atoms with E-state index >= 15 is 0 Å². The predicted octanol–water partition coefficient (Wildman–Crippen LogP) is 5.18. The van der Waals surface area contributed by atoms with Crippen molar-refractivity contribution in [1.82, 2.24) is 29.5 Å². The normalized spacial score (nSPS) is 23.0. The molecule has 1 aliphatic carbocycles. The van der Waals surface area contributed by atoms with Crippen LogP contribution in [0.5, 0.6) is 0 Å². The average Bonchev–Trinajstić information content (AvgIpc) is 3.79. The van der Waals surface area contributed by atoms with Gasteiger partial charge in [-0.3, -0.25) is 4.79 Å². The molecule has 1 saturated carbocycles. The number of ether oxygens (including phenoxy) is 1. The predicted molar refractivity (Wildman–Crippen MR) is 155 cm³/mol. The second kappa shape index (κ2) is 12.2. The van der Waals surface area contributed by atoms with Crippen molar-refractivity contribution in [2.45, 2.75) is 69.3 Å². The highest BCUT2D eigenvalue weighted by Crippen LogP contribution is 2.35. The van der Waals surface area contributed by atoms with Gasteiger partial charge in [0.25, 0.3) is 5.91 Å². The number of halogens is 4. The molecule has 44 heavy (non-hydrogen) atoms. The Kier molecular flexibility index (Phi) is 8.38. The number of fused-ring (bicyclic) bond motifs is 1. The number of alkyl halides is 4. The van der Waals surface area contributed by atoms with E-state index in [4.69, 9.17) is 9.26 Å². The maximum Gasteiger partial charge on any atom is 0.406 e. The van der Waals surface area contributed by atoms with Crippen LogP contribution in [0.3, 0.4) is 0 Å². The van der Waals surface area contributed by atoms with E-state index < -0.39 is 24.9 Å². The van der Waals surface area contributed by atoms with Gasteiger partial charge in [0.2, 0.25) is 11.7 Å². The molecule has 2 aliphatic rings. The van der Waals surface area contributed by atoms with Gasteiger partial charge in [-0.2, -0.15) is 18.2 Å². The van der Waals surface area contributed by atoms with Gasteiger partial charge in [-0.1, -0.05) is 11.2 Å².